The molecule has 0 heterocycles. The third kappa shape index (κ3) is 7.97. The summed E-state index contributed by atoms with van der Waals surface area (Å²) in [6.45, 7) is 10.5. The number of nitrogens with one attached hydrogen (secondary N) is 1. The normalized spacial score (nSPS) is 11.3. The van der Waals surface area contributed by atoms with E-state index in [4.69, 9.17) is 14.2 Å². The van der Waals surface area contributed by atoms with Gasteiger partial charge in [-0.3, -0.25) is 4.79 Å². The number of hydrogen-bond acceptors (Lipinski definition) is 5. The highest BCUT2D eigenvalue weighted by molar-refractivity contribution is 5.95. The molecule has 0 saturated heterocycles. The summed E-state index contributed by atoms with van der Waals surface area (Å²) in [5.41, 5.74) is 3.06. The van der Waals surface area contributed by atoms with E-state index in [0.29, 0.717) is 25.3 Å². The van der Waals surface area contributed by atoms with Crippen LogP contribution in [0.1, 0.15) is 50.3 Å². The van der Waals surface area contributed by atoms with Crippen LogP contribution in [-0.2, 0) is 14.3 Å². The molecule has 0 aliphatic carbocycles. The van der Waals surface area contributed by atoms with Crippen LogP contribution in [0.5, 0.6) is 11.5 Å². The smallest absolute Gasteiger partial charge is 0.330 e. The van der Waals surface area contributed by atoms with E-state index in [-0.39, 0.29) is 11.9 Å². The average Bonchev–Trinajstić information content (AvgIpc) is 2.78. The van der Waals surface area contributed by atoms with Crippen LogP contribution in [0.2, 0.25) is 0 Å². The minimum absolute atomic E-state index is 0.0474. The number of hydrogen-bond donors (Lipinski definition) is 1. The number of esters is 1. The Hall–Kier alpha value is -3.28. The van der Waals surface area contributed by atoms with Crippen LogP contribution in [0.4, 0.5) is 5.69 Å². The first-order valence-corrected chi connectivity index (χ1v) is 11.2. The summed E-state index contributed by atoms with van der Waals surface area (Å²) in [6, 6.07) is 11.3. The largest absolute Gasteiger partial charge is 0.496 e. The first-order chi connectivity index (χ1) is 15.7. The third-order valence-corrected chi connectivity index (χ3v) is 5.38. The molecule has 2 aromatic carbocycles. The van der Waals surface area contributed by atoms with Crippen molar-refractivity contribution in [2.75, 3.05) is 25.6 Å². The lowest BCUT2D eigenvalue weighted by molar-refractivity contribution is -0.137. The number of benzene rings is 2. The summed E-state index contributed by atoms with van der Waals surface area (Å²) in [4.78, 5) is 24.2. The van der Waals surface area contributed by atoms with E-state index in [1.165, 1.54) is 6.08 Å². The number of carbonyl (C=O) groups is 2. The standard InChI is InChI=1S/C27H35NO5/c1-7-32-25(29)14-11-21-9-12-22(13-10-21)28-26(30)27(4,5)15-8-16-33-24-18-19(2)23(31-6)17-20(24)3/h9-14,17-18H,7-8,15-16H2,1-6H3,(H,28,30)/b14-11+. The minimum atomic E-state index is -0.545. The van der Waals surface area contributed by atoms with Gasteiger partial charge >= 0.3 is 5.97 Å². The molecule has 0 bridgehead atoms. The van der Waals surface area contributed by atoms with Crippen molar-refractivity contribution >= 4 is 23.6 Å². The summed E-state index contributed by atoms with van der Waals surface area (Å²) in [6.07, 6.45) is 4.51. The van der Waals surface area contributed by atoms with Crippen LogP contribution in [0, 0.1) is 19.3 Å². The molecule has 33 heavy (non-hydrogen) atoms. The number of carbonyl (C=O) groups excluding carboxylic acids is 2. The molecule has 0 spiro atoms. The average molecular weight is 454 g/mol. The maximum atomic E-state index is 12.8. The van der Waals surface area contributed by atoms with Crippen LogP contribution in [0.3, 0.4) is 0 Å². The third-order valence-electron chi connectivity index (χ3n) is 5.38. The number of aryl methyl sites for hydroxylation is 2. The van der Waals surface area contributed by atoms with Crippen molar-refractivity contribution in [2.45, 2.75) is 47.5 Å². The van der Waals surface area contributed by atoms with Gasteiger partial charge in [0, 0.05) is 17.2 Å². The van der Waals surface area contributed by atoms with Crippen molar-refractivity contribution in [3.05, 3.63) is 59.2 Å². The monoisotopic (exact) mass is 453 g/mol. The molecule has 1 N–H and O–H groups in total. The van der Waals surface area contributed by atoms with Gasteiger partial charge in [-0.1, -0.05) is 26.0 Å². The summed E-state index contributed by atoms with van der Waals surface area (Å²) in [5.74, 6) is 1.26. The molecule has 1 amide bonds. The molecule has 0 aromatic heterocycles. The first-order valence-electron chi connectivity index (χ1n) is 11.2. The zero-order valence-electron chi connectivity index (χ0n) is 20.5. The summed E-state index contributed by atoms with van der Waals surface area (Å²) in [5, 5.41) is 2.97. The van der Waals surface area contributed by atoms with E-state index in [1.807, 2.05) is 64.1 Å². The van der Waals surface area contributed by atoms with Crippen molar-refractivity contribution in [1.82, 2.24) is 0 Å². The highest BCUT2D eigenvalue weighted by atomic mass is 16.5. The Morgan fingerprint density at radius 2 is 1.67 bits per heavy atom. The van der Waals surface area contributed by atoms with Crippen molar-refractivity contribution in [2.24, 2.45) is 5.41 Å². The van der Waals surface area contributed by atoms with Gasteiger partial charge in [-0.25, -0.2) is 4.79 Å². The molecule has 0 unspecified atom stereocenters. The molecule has 6 nitrogen and oxygen atoms in total. The van der Waals surface area contributed by atoms with Gasteiger partial charge in [0.25, 0.3) is 0 Å². The molecule has 0 fully saturated rings. The Labute approximate surface area is 196 Å². The number of amides is 1. The molecular formula is C27H35NO5. The van der Waals surface area contributed by atoms with Crippen LogP contribution in [0.25, 0.3) is 6.08 Å². The minimum Gasteiger partial charge on any atom is -0.496 e. The maximum absolute atomic E-state index is 12.8. The maximum Gasteiger partial charge on any atom is 0.330 e. The summed E-state index contributed by atoms with van der Waals surface area (Å²) in [7, 11) is 1.66. The Morgan fingerprint density at radius 3 is 2.30 bits per heavy atom. The Morgan fingerprint density at radius 1 is 1.03 bits per heavy atom. The van der Waals surface area contributed by atoms with Gasteiger partial charge in [-0.05, 0) is 80.6 Å². The van der Waals surface area contributed by atoms with Gasteiger partial charge in [-0.15, -0.1) is 0 Å². The molecule has 0 aliphatic heterocycles. The SMILES string of the molecule is CCOC(=O)/C=C/c1ccc(NC(=O)C(C)(C)CCCOc2cc(C)c(OC)cc2C)cc1. The highest BCUT2D eigenvalue weighted by Gasteiger charge is 2.27. The van der Waals surface area contributed by atoms with E-state index >= 15 is 0 Å². The molecule has 0 saturated carbocycles. The Bertz CT molecular complexity index is 977. The van der Waals surface area contributed by atoms with E-state index < -0.39 is 5.41 Å². The highest BCUT2D eigenvalue weighted by Crippen LogP contribution is 2.29. The molecule has 6 heteroatoms. The fraction of sp³-hybridized carbons (Fsp3) is 0.407. The molecule has 0 aliphatic rings. The van der Waals surface area contributed by atoms with Crippen molar-refractivity contribution in [3.8, 4) is 11.5 Å². The summed E-state index contributed by atoms with van der Waals surface area (Å²) < 4.78 is 16.2. The summed E-state index contributed by atoms with van der Waals surface area (Å²) >= 11 is 0. The van der Waals surface area contributed by atoms with Crippen LogP contribution in [-0.4, -0.2) is 32.2 Å². The lowest BCUT2D eigenvalue weighted by Crippen LogP contribution is -2.31. The van der Waals surface area contributed by atoms with Crippen molar-refractivity contribution < 1.29 is 23.8 Å². The van der Waals surface area contributed by atoms with Gasteiger partial charge in [0.1, 0.15) is 11.5 Å². The first kappa shape index (κ1) is 26.0. The second-order valence-electron chi connectivity index (χ2n) is 8.58. The number of ether oxygens (including phenoxy) is 3. The van der Waals surface area contributed by atoms with Crippen LogP contribution >= 0.6 is 0 Å². The zero-order chi connectivity index (χ0) is 24.4. The van der Waals surface area contributed by atoms with E-state index in [1.54, 1.807) is 20.1 Å². The van der Waals surface area contributed by atoms with E-state index in [2.05, 4.69) is 5.32 Å². The molecule has 0 atom stereocenters. The molecule has 0 radical (unpaired) electrons. The quantitative estimate of drug-likeness (QED) is 0.268. The number of methoxy groups -OCH3 is 1. The predicted octanol–water partition coefficient (Wildman–Crippen LogP) is 5.71. The molecular weight excluding hydrogens is 418 g/mol. The molecule has 178 valence electrons. The zero-order valence-corrected chi connectivity index (χ0v) is 20.5. The lowest BCUT2D eigenvalue weighted by Gasteiger charge is -2.24. The fourth-order valence-electron chi connectivity index (χ4n) is 3.28. The number of anilines is 1. The predicted molar refractivity (Wildman–Crippen MR) is 132 cm³/mol. The van der Waals surface area contributed by atoms with Crippen LogP contribution < -0.4 is 14.8 Å². The molecule has 2 aromatic rings. The fourth-order valence-corrected chi connectivity index (χ4v) is 3.28. The van der Waals surface area contributed by atoms with Crippen molar-refractivity contribution in [1.29, 1.82) is 0 Å². The van der Waals surface area contributed by atoms with Crippen molar-refractivity contribution in [3.63, 3.8) is 0 Å². The van der Waals surface area contributed by atoms with Crippen LogP contribution in [0.15, 0.2) is 42.5 Å². The number of rotatable bonds is 11. The van der Waals surface area contributed by atoms with E-state index in [9.17, 15) is 9.59 Å². The van der Waals surface area contributed by atoms with E-state index in [0.717, 1.165) is 34.6 Å². The van der Waals surface area contributed by atoms with Gasteiger partial charge < -0.3 is 19.5 Å². The second-order valence-corrected chi connectivity index (χ2v) is 8.58. The Kier molecular flexibility index (Phi) is 9.52. The lowest BCUT2D eigenvalue weighted by atomic mass is 9.87. The van der Waals surface area contributed by atoms with Gasteiger partial charge in [0.15, 0.2) is 0 Å². The topological polar surface area (TPSA) is 73.9 Å². The van der Waals surface area contributed by atoms with Gasteiger partial charge in [0.2, 0.25) is 5.91 Å². The molecule has 2 rings (SSSR count). The van der Waals surface area contributed by atoms with Gasteiger partial charge in [0.05, 0.1) is 20.3 Å². The van der Waals surface area contributed by atoms with Gasteiger partial charge in [-0.2, -0.15) is 0 Å². The second kappa shape index (κ2) is 12.1. The Balaban J connectivity index is 1.84.